The van der Waals surface area contributed by atoms with Crippen molar-refractivity contribution in [2.75, 3.05) is 13.7 Å². The molecule has 0 spiro atoms. The van der Waals surface area contributed by atoms with E-state index >= 15 is 0 Å². The van der Waals surface area contributed by atoms with Crippen molar-refractivity contribution < 1.29 is 27.0 Å². The molecule has 2 aromatic rings. The number of rotatable bonds is 15. The molecule has 0 saturated heterocycles. The molecular formula is C39H52F4O2. The standard InChI is InChI=1S/C39H52F4O2/c1-3-4-5-6-7-8-9-10-29-11-13-30(14-12-29)15-16-31-17-19-32(20-18-31)33-21-23-34(24-22-33)39(42,43)27-28-45-36-26-25-35(44-2)37(40)38(36)41/h21-26,29-32H,3-14,17-20,27-28H2,1-2H3. The molecule has 2 saturated carbocycles. The average Bonchev–Trinajstić information content (AvgIpc) is 3.06. The fraction of sp³-hybridized carbons (Fsp3) is 0.641. The van der Waals surface area contributed by atoms with Gasteiger partial charge in [-0.05, 0) is 80.9 Å². The Labute approximate surface area is 268 Å². The molecule has 0 aliphatic heterocycles. The van der Waals surface area contributed by atoms with E-state index in [1.54, 1.807) is 0 Å². The van der Waals surface area contributed by atoms with Crippen LogP contribution < -0.4 is 9.47 Å². The minimum Gasteiger partial charge on any atom is -0.494 e. The Balaban J connectivity index is 1.14. The highest BCUT2D eigenvalue weighted by atomic mass is 19.3. The lowest BCUT2D eigenvalue weighted by Crippen LogP contribution is -2.18. The molecule has 45 heavy (non-hydrogen) atoms. The highest BCUT2D eigenvalue weighted by Gasteiger charge is 2.32. The van der Waals surface area contributed by atoms with E-state index in [1.165, 1.54) is 108 Å². The lowest BCUT2D eigenvalue weighted by atomic mass is 9.77. The van der Waals surface area contributed by atoms with Crippen LogP contribution in [0.25, 0.3) is 0 Å². The molecule has 2 fully saturated rings. The van der Waals surface area contributed by atoms with Gasteiger partial charge in [0.2, 0.25) is 11.6 Å². The molecule has 2 nitrogen and oxygen atoms in total. The first-order valence-electron chi connectivity index (χ1n) is 17.4. The SMILES string of the molecule is CCCCCCCCCC1CCC(C#CC2CCC(c3ccc(C(F)(F)CCOc4ccc(OC)c(F)c4F)cc3)CC2)CC1. The molecule has 6 heteroatoms. The molecule has 0 radical (unpaired) electrons. The van der Waals surface area contributed by atoms with E-state index in [0.29, 0.717) is 17.8 Å². The zero-order chi connectivity index (χ0) is 32.1. The minimum atomic E-state index is -3.15. The van der Waals surface area contributed by atoms with Crippen LogP contribution in [0.5, 0.6) is 11.5 Å². The van der Waals surface area contributed by atoms with E-state index in [4.69, 9.17) is 9.47 Å². The Bertz CT molecular complexity index is 1220. The number of hydrogen-bond donors (Lipinski definition) is 0. The Morgan fingerprint density at radius 2 is 1.27 bits per heavy atom. The smallest absolute Gasteiger partial charge is 0.276 e. The highest BCUT2D eigenvalue weighted by molar-refractivity contribution is 5.35. The van der Waals surface area contributed by atoms with E-state index < -0.39 is 36.3 Å². The van der Waals surface area contributed by atoms with Gasteiger partial charge in [0.25, 0.3) is 5.92 Å². The van der Waals surface area contributed by atoms with Gasteiger partial charge in [-0.1, -0.05) is 94.4 Å². The number of hydrogen-bond acceptors (Lipinski definition) is 2. The molecule has 2 aliphatic carbocycles. The fourth-order valence-electron chi connectivity index (χ4n) is 7.01. The van der Waals surface area contributed by atoms with Gasteiger partial charge in [-0.2, -0.15) is 8.78 Å². The maximum Gasteiger partial charge on any atom is 0.276 e. The Morgan fingerprint density at radius 1 is 0.711 bits per heavy atom. The van der Waals surface area contributed by atoms with Gasteiger partial charge in [0, 0.05) is 23.8 Å². The van der Waals surface area contributed by atoms with Gasteiger partial charge >= 0.3 is 0 Å². The van der Waals surface area contributed by atoms with E-state index in [1.807, 2.05) is 12.1 Å². The van der Waals surface area contributed by atoms with Gasteiger partial charge in [-0.3, -0.25) is 0 Å². The predicted molar refractivity (Wildman–Crippen MR) is 174 cm³/mol. The fourth-order valence-corrected chi connectivity index (χ4v) is 7.01. The van der Waals surface area contributed by atoms with Gasteiger partial charge in [-0.15, -0.1) is 0 Å². The minimum absolute atomic E-state index is 0.104. The van der Waals surface area contributed by atoms with Crippen LogP contribution in [-0.2, 0) is 5.92 Å². The third-order valence-electron chi connectivity index (χ3n) is 9.99. The number of halogens is 4. The van der Waals surface area contributed by atoms with Crippen molar-refractivity contribution in [3.05, 3.63) is 59.2 Å². The topological polar surface area (TPSA) is 18.5 Å². The molecule has 248 valence electrons. The molecule has 0 N–H and O–H groups in total. The van der Waals surface area contributed by atoms with Gasteiger partial charge < -0.3 is 9.47 Å². The molecule has 2 aromatic carbocycles. The summed E-state index contributed by atoms with van der Waals surface area (Å²) in [5.41, 5.74) is 0.986. The van der Waals surface area contributed by atoms with E-state index in [2.05, 4.69) is 18.8 Å². The third kappa shape index (κ3) is 10.7. The van der Waals surface area contributed by atoms with Crippen molar-refractivity contribution in [1.29, 1.82) is 0 Å². The molecule has 0 bridgehead atoms. The number of unbranched alkanes of at least 4 members (excludes halogenated alkanes) is 6. The van der Waals surface area contributed by atoms with Gasteiger partial charge in [0.1, 0.15) is 0 Å². The largest absolute Gasteiger partial charge is 0.494 e. The van der Waals surface area contributed by atoms with Gasteiger partial charge in [-0.25, -0.2) is 8.78 Å². The van der Waals surface area contributed by atoms with E-state index in [0.717, 1.165) is 37.2 Å². The summed E-state index contributed by atoms with van der Waals surface area (Å²) >= 11 is 0. The van der Waals surface area contributed by atoms with Crippen molar-refractivity contribution in [3.63, 3.8) is 0 Å². The van der Waals surface area contributed by atoms with Crippen LogP contribution in [0.2, 0.25) is 0 Å². The maximum atomic E-state index is 14.9. The second-order valence-corrected chi connectivity index (χ2v) is 13.3. The Morgan fingerprint density at radius 3 is 1.89 bits per heavy atom. The summed E-state index contributed by atoms with van der Waals surface area (Å²) in [7, 11) is 1.22. The monoisotopic (exact) mass is 628 g/mol. The Hall–Kier alpha value is -2.68. The molecular weight excluding hydrogens is 576 g/mol. The number of methoxy groups -OCH3 is 1. The number of alkyl halides is 2. The van der Waals surface area contributed by atoms with Crippen molar-refractivity contribution in [1.82, 2.24) is 0 Å². The second kappa shape index (κ2) is 17.9. The van der Waals surface area contributed by atoms with Crippen molar-refractivity contribution in [2.24, 2.45) is 17.8 Å². The molecule has 0 unspecified atom stereocenters. The van der Waals surface area contributed by atoms with Crippen molar-refractivity contribution in [3.8, 4) is 23.3 Å². The molecule has 2 aliphatic rings. The average molecular weight is 629 g/mol. The highest BCUT2D eigenvalue weighted by Crippen LogP contribution is 2.39. The first-order chi connectivity index (χ1) is 21.8. The molecule has 0 heterocycles. The van der Waals surface area contributed by atoms with Crippen LogP contribution in [0, 0.1) is 41.2 Å². The summed E-state index contributed by atoms with van der Waals surface area (Å²) in [5, 5.41) is 0. The maximum absolute atomic E-state index is 14.9. The first-order valence-corrected chi connectivity index (χ1v) is 17.4. The lowest BCUT2D eigenvalue weighted by molar-refractivity contribution is -0.0246. The second-order valence-electron chi connectivity index (χ2n) is 13.3. The van der Waals surface area contributed by atoms with Crippen LogP contribution in [0.4, 0.5) is 17.6 Å². The Kier molecular flexibility index (Phi) is 14.0. The van der Waals surface area contributed by atoms with Crippen LogP contribution in [0.1, 0.15) is 133 Å². The van der Waals surface area contributed by atoms with Crippen LogP contribution in [-0.4, -0.2) is 13.7 Å². The predicted octanol–water partition coefficient (Wildman–Crippen LogP) is 11.8. The first kappa shape index (κ1) is 35.2. The number of benzene rings is 2. The van der Waals surface area contributed by atoms with Crippen LogP contribution in [0.15, 0.2) is 36.4 Å². The molecule has 0 atom stereocenters. The quantitative estimate of drug-likeness (QED) is 0.111. The summed E-state index contributed by atoms with van der Waals surface area (Å²) < 4.78 is 67.5. The number of ether oxygens (including phenoxy) is 2. The summed E-state index contributed by atoms with van der Waals surface area (Å²) in [6.45, 7) is 1.82. The zero-order valence-electron chi connectivity index (χ0n) is 27.3. The van der Waals surface area contributed by atoms with Crippen LogP contribution >= 0.6 is 0 Å². The van der Waals surface area contributed by atoms with Gasteiger partial charge in [0.05, 0.1) is 13.7 Å². The van der Waals surface area contributed by atoms with Crippen molar-refractivity contribution >= 4 is 0 Å². The van der Waals surface area contributed by atoms with E-state index in [-0.39, 0.29) is 11.3 Å². The lowest BCUT2D eigenvalue weighted by Gasteiger charge is -2.27. The summed E-state index contributed by atoms with van der Waals surface area (Å²) in [6, 6.07) is 8.97. The summed E-state index contributed by atoms with van der Waals surface area (Å²) in [6.07, 6.45) is 19.8. The molecule has 0 aromatic heterocycles. The van der Waals surface area contributed by atoms with E-state index in [9.17, 15) is 17.6 Å². The normalized spacial score (nSPS) is 22.0. The summed E-state index contributed by atoms with van der Waals surface area (Å²) in [5.74, 6) is 3.23. The van der Waals surface area contributed by atoms with Crippen LogP contribution in [0.3, 0.4) is 0 Å². The zero-order valence-corrected chi connectivity index (χ0v) is 27.3. The van der Waals surface area contributed by atoms with Crippen molar-refractivity contribution in [2.45, 2.75) is 128 Å². The molecule has 4 rings (SSSR count). The van der Waals surface area contributed by atoms with Gasteiger partial charge in [0.15, 0.2) is 11.5 Å². The summed E-state index contributed by atoms with van der Waals surface area (Å²) in [4.78, 5) is 0. The third-order valence-corrected chi connectivity index (χ3v) is 9.99. The molecule has 0 amide bonds.